The average molecular weight is 278 g/mol. The van der Waals surface area contributed by atoms with E-state index >= 15 is 0 Å². The second-order valence-electron chi connectivity index (χ2n) is 4.76. The van der Waals surface area contributed by atoms with E-state index in [0.29, 0.717) is 30.7 Å². The van der Waals surface area contributed by atoms with Crippen LogP contribution in [0.15, 0.2) is 12.5 Å². The molecule has 0 aliphatic carbocycles. The minimum absolute atomic E-state index is 0.344. The van der Waals surface area contributed by atoms with Crippen molar-refractivity contribution in [2.75, 3.05) is 19.5 Å². The van der Waals surface area contributed by atoms with Crippen molar-refractivity contribution >= 4 is 23.1 Å². The van der Waals surface area contributed by atoms with Crippen LogP contribution in [0.25, 0.3) is 11.0 Å². The second-order valence-corrected chi connectivity index (χ2v) is 4.76. The summed E-state index contributed by atoms with van der Waals surface area (Å²) in [5.41, 5.74) is 6.35. The van der Waals surface area contributed by atoms with E-state index in [1.165, 1.54) is 13.4 Å². The first kappa shape index (κ1) is 14.4. The minimum Gasteiger partial charge on any atom is -0.393 e. The molecule has 1 atom stereocenters. The number of hydrogen-bond donors (Lipinski definition) is 2. The molecule has 0 fully saturated rings. The normalized spacial score (nSPS) is 14.3. The lowest BCUT2D eigenvalue weighted by Gasteiger charge is -2.24. The van der Waals surface area contributed by atoms with Crippen LogP contribution in [0, 0.1) is 6.92 Å². The molecule has 7 heteroatoms. The zero-order valence-corrected chi connectivity index (χ0v) is 11.5. The molecule has 2 heterocycles. The topological polar surface area (TPSA) is 103 Å². The Morgan fingerprint density at radius 1 is 1.55 bits per heavy atom. The lowest BCUT2D eigenvalue weighted by molar-refractivity contribution is -0.134. The van der Waals surface area contributed by atoms with Gasteiger partial charge < -0.3 is 24.9 Å². The highest BCUT2D eigenvalue weighted by Crippen LogP contribution is 2.24. The number of fused-ring (bicyclic) bond motifs is 1. The first-order chi connectivity index (χ1) is 9.56. The molecule has 2 aromatic heterocycles. The molecule has 2 aromatic rings. The summed E-state index contributed by atoms with van der Waals surface area (Å²) in [5.74, 6) is 0.432. The van der Waals surface area contributed by atoms with Gasteiger partial charge in [0.05, 0.1) is 12.0 Å². The van der Waals surface area contributed by atoms with Gasteiger partial charge in [-0.3, -0.25) is 0 Å². The Bertz CT molecular complexity index is 619. The molecule has 3 N–H and O–H groups in total. The molecular formula is C13H18N4O3. The number of rotatable bonds is 6. The third-order valence-electron chi connectivity index (χ3n) is 3.54. The van der Waals surface area contributed by atoms with Crippen molar-refractivity contribution in [2.45, 2.75) is 25.5 Å². The second kappa shape index (κ2) is 5.56. The van der Waals surface area contributed by atoms with E-state index in [-0.39, 0.29) is 6.61 Å². The van der Waals surface area contributed by atoms with Gasteiger partial charge in [0, 0.05) is 26.3 Å². The van der Waals surface area contributed by atoms with Crippen LogP contribution in [-0.4, -0.2) is 45.2 Å². The van der Waals surface area contributed by atoms with Gasteiger partial charge in [0.25, 0.3) is 0 Å². The van der Waals surface area contributed by atoms with Crippen molar-refractivity contribution in [3.8, 4) is 0 Å². The number of carbonyl (C=O) groups is 1. The van der Waals surface area contributed by atoms with Crippen LogP contribution in [0.5, 0.6) is 0 Å². The third-order valence-corrected chi connectivity index (χ3v) is 3.54. The zero-order chi connectivity index (χ0) is 14.8. The number of aryl methyl sites for hydroxylation is 2. The molecule has 0 spiro atoms. The number of anilines is 1. The maximum Gasteiger partial charge on any atom is 0.154 e. The van der Waals surface area contributed by atoms with Crippen molar-refractivity contribution in [1.82, 2.24) is 14.5 Å². The number of hydrogen-bond acceptors (Lipinski definition) is 6. The van der Waals surface area contributed by atoms with Gasteiger partial charge in [0.2, 0.25) is 0 Å². The van der Waals surface area contributed by atoms with Crippen LogP contribution >= 0.6 is 0 Å². The summed E-state index contributed by atoms with van der Waals surface area (Å²) < 4.78 is 7.00. The van der Waals surface area contributed by atoms with Gasteiger partial charge in [0.15, 0.2) is 6.29 Å². The molecule has 0 saturated heterocycles. The molecule has 0 aliphatic heterocycles. The fourth-order valence-corrected chi connectivity index (χ4v) is 2.22. The SMILES string of the molecule is CO[C@](C=O)(CO)CCn1cc(C)c2c(N)ncnc21. The van der Waals surface area contributed by atoms with E-state index in [0.717, 1.165) is 10.9 Å². The number of aliphatic hydroxyl groups is 1. The number of ether oxygens (including phenoxy) is 1. The fraction of sp³-hybridized carbons (Fsp3) is 0.462. The lowest BCUT2D eigenvalue weighted by Crippen LogP contribution is -2.38. The Labute approximate surface area is 116 Å². The summed E-state index contributed by atoms with van der Waals surface area (Å²) in [4.78, 5) is 19.3. The van der Waals surface area contributed by atoms with Gasteiger partial charge >= 0.3 is 0 Å². The van der Waals surface area contributed by atoms with Crippen molar-refractivity contribution in [2.24, 2.45) is 0 Å². The highest BCUT2D eigenvalue weighted by Gasteiger charge is 2.28. The fourth-order valence-electron chi connectivity index (χ4n) is 2.22. The molecule has 0 unspecified atom stereocenters. The molecule has 0 amide bonds. The number of methoxy groups -OCH3 is 1. The first-order valence-corrected chi connectivity index (χ1v) is 6.25. The van der Waals surface area contributed by atoms with Gasteiger partial charge in [-0.25, -0.2) is 9.97 Å². The zero-order valence-electron chi connectivity index (χ0n) is 11.5. The van der Waals surface area contributed by atoms with Gasteiger partial charge in [-0.15, -0.1) is 0 Å². The molecule has 0 aliphatic rings. The largest absolute Gasteiger partial charge is 0.393 e. The Kier molecular flexibility index (Phi) is 4.01. The summed E-state index contributed by atoms with van der Waals surface area (Å²) in [6, 6.07) is 0. The minimum atomic E-state index is -1.18. The summed E-state index contributed by atoms with van der Waals surface area (Å²) in [6.07, 6.45) is 4.28. The molecule has 0 aromatic carbocycles. The molecule has 0 radical (unpaired) electrons. The quantitative estimate of drug-likeness (QED) is 0.736. The van der Waals surface area contributed by atoms with E-state index in [1.54, 1.807) is 0 Å². The van der Waals surface area contributed by atoms with Crippen LogP contribution in [0.3, 0.4) is 0 Å². The van der Waals surface area contributed by atoms with E-state index < -0.39 is 5.60 Å². The standard InChI is InChI=1S/C13H18N4O3/c1-9-5-17(4-3-13(6-18,7-19)20-2)12-10(9)11(14)15-8-16-12/h5-6,8,19H,3-4,7H2,1-2H3,(H2,14,15,16)/t13-/m1/s1. The predicted octanol–water partition coefficient (Wildman–Crippen LogP) is 0.288. The summed E-state index contributed by atoms with van der Waals surface area (Å²) >= 11 is 0. The van der Waals surface area contributed by atoms with Crippen LogP contribution in [-0.2, 0) is 16.1 Å². The summed E-state index contributed by atoms with van der Waals surface area (Å²) in [6.45, 7) is 2.05. The van der Waals surface area contributed by atoms with E-state index in [4.69, 9.17) is 10.5 Å². The monoisotopic (exact) mass is 278 g/mol. The summed E-state index contributed by atoms with van der Waals surface area (Å²) in [7, 11) is 1.41. The Morgan fingerprint density at radius 3 is 2.90 bits per heavy atom. The van der Waals surface area contributed by atoms with Crippen molar-refractivity contribution < 1.29 is 14.6 Å². The Balaban J connectivity index is 2.31. The van der Waals surface area contributed by atoms with E-state index in [2.05, 4.69) is 9.97 Å². The number of nitrogens with two attached hydrogens (primary N) is 1. The lowest BCUT2D eigenvalue weighted by atomic mass is 10.0. The van der Waals surface area contributed by atoms with E-state index in [1.807, 2.05) is 17.7 Å². The molecule has 0 bridgehead atoms. The number of aromatic nitrogens is 3. The molecule has 7 nitrogen and oxygen atoms in total. The number of nitrogen functional groups attached to an aromatic ring is 1. The number of aliphatic hydroxyl groups excluding tert-OH is 1. The molecule has 20 heavy (non-hydrogen) atoms. The smallest absolute Gasteiger partial charge is 0.154 e. The van der Waals surface area contributed by atoms with Gasteiger partial charge in [-0.1, -0.05) is 0 Å². The van der Waals surface area contributed by atoms with Crippen molar-refractivity contribution in [3.05, 3.63) is 18.1 Å². The number of carbonyl (C=O) groups excluding carboxylic acids is 1. The predicted molar refractivity (Wildman–Crippen MR) is 74.2 cm³/mol. The van der Waals surface area contributed by atoms with Crippen molar-refractivity contribution in [1.29, 1.82) is 0 Å². The van der Waals surface area contributed by atoms with E-state index in [9.17, 15) is 9.90 Å². The first-order valence-electron chi connectivity index (χ1n) is 6.25. The highest BCUT2D eigenvalue weighted by molar-refractivity contribution is 5.89. The number of aldehydes is 1. The van der Waals surface area contributed by atoms with Gasteiger partial charge in [-0.05, 0) is 12.5 Å². The molecular weight excluding hydrogens is 260 g/mol. The van der Waals surface area contributed by atoms with Gasteiger partial charge in [-0.2, -0.15) is 0 Å². The maximum atomic E-state index is 11.1. The highest BCUT2D eigenvalue weighted by atomic mass is 16.5. The van der Waals surface area contributed by atoms with Crippen LogP contribution < -0.4 is 5.73 Å². The Morgan fingerprint density at radius 2 is 2.30 bits per heavy atom. The summed E-state index contributed by atoms with van der Waals surface area (Å²) in [5, 5.41) is 10.1. The third kappa shape index (κ3) is 2.37. The molecule has 0 saturated carbocycles. The maximum absolute atomic E-state index is 11.1. The van der Waals surface area contributed by atoms with Crippen LogP contribution in [0.4, 0.5) is 5.82 Å². The van der Waals surface area contributed by atoms with Crippen LogP contribution in [0.1, 0.15) is 12.0 Å². The van der Waals surface area contributed by atoms with Crippen molar-refractivity contribution in [3.63, 3.8) is 0 Å². The molecule has 2 rings (SSSR count). The average Bonchev–Trinajstić information content (AvgIpc) is 2.79. The number of nitrogens with zero attached hydrogens (tertiary/aromatic N) is 3. The van der Waals surface area contributed by atoms with Crippen LogP contribution in [0.2, 0.25) is 0 Å². The van der Waals surface area contributed by atoms with Gasteiger partial charge in [0.1, 0.15) is 23.4 Å². The Hall–Kier alpha value is -1.99. The molecule has 108 valence electrons.